The normalized spacial score (nSPS) is 12.1. The molecule has 0 saturated carbocycles. The molecule has 0 spiro atoms. The summed E-state index contributed by atoms with van der Waals surface area (Å²) in [6.07, 6.45) is 1.73. The van der Waals surface area contributed by atoms with Crippen molar-refractivity contribution in [3.63, 3.8) is 0 Å². The predicted molar refractivity (Wildman–Crippen MR) is 61.1 cm³/mol. The average molecular weight is 227 g/mol. The number of rotatable bonds is 5. The maximum absolute atomic E-state index is 9.22. The lowest BCUT2D eigenvalue weighted by Gasteiger charge is -2.24. The van der Waals surface area contributed by atoms with E-state index in [9.17, 15) is 5.11 Å². The van der Waals surface area contributed by atoms with E-state index in [2.05, 4.69) is 31.0 Å². The molecule has 0 saturated heterocycles. The molecule has 1 N–H and O–H groups in total. The van der Waals surface area contributed by atoms with Crippen LogP contribution in [0.1, 0.15) is 38.8 Å². The molecular weight excluding hydrogens is 206 g/mol. The molecule has 0 fully saturated rings. The van der Waals surface area contributed by atoms with E-state index in [1.165, 1.54) is 0 Å². The van der Waals surface area contributed by atoms with Gasteiger partial charge in [0.2, 0.25) is 0 Å². The topological polar surface area (TPSA) is 60.2 Å². The Hall–Kier alpha value is -0.940. The highest BCUT2D eigenvalue weighted by molar-refractivity contribution is 5.00. The Kier molecular flexibility index (Phi) is 4.44. The zero-order valence-corrected chi connectivity index (χ0v) is 10.5. The van der Waals surface area contributed by atoms with Gasteiger partial charge in [-0.25, -0.2) is 0 Å². The van der Waals surface area contributed by atoms with Crippen LogP contribution in [-0.2, 0) is 23.3 Å². The number of methoxy groups -OCH3 is 1. The second-order valence-electron chi connectivity index (χ2n) is 4.79. The first kappa shape index (κ1) is 13.1. The first-order chi connectivity index (χ1) is 7.50. The minimum atomic E-state index is -0.107. The summed E-state index contributed by atoms with van der Waals surface area (Å²) in [7, 11) is 1.69. The molecule has 0 aliphatic rings. The lowest BCUT2D eigenvalue weighted by molar-refractivity contribution is 0.193. The van der Waals surface area contributed by atoms with Gasteiger partial charge in [-0.15, -0.1) is 10.2 Å². The molecule has 0 aliphatic heterocycles. The second-order valence-corrected chi connectivity index (χ2v) is 4.79. The fourth-order valence-corrected chi connectivity index (χ4v) is 1.77. The maximum atomic E-state index is 9.22. The summed E-state index contributed by atoms with van der Waals surface area (Å²) in [5.74, 6) is 1.54. The van der Waals surface area contributed by atoms with Crippen molar-refractivity contribution in [2.24, 2.45) is 0 Å². The largest absolute Gasteiger partial charge is 0.388 e. The zero-order valence-electron chi connectivity index (χ0n) is 10.5. The molecular formula is C11H21N3O2. The highest BCUT2D eigenvalue weighted by atomic mass is 16.5. The Morgan fingerprint density at radius 2 is 1.88 bits per heavy atom. The van der Waals surface area contributed by atoms with Crippen LogP contribution in [0.3, 0.4) is 0 Å². The van der Waals surface area contributed by atoms with Crippen LogP contribution in [0.5, 0.6) is 0 Å². The van der Waals surface area contributed by atoms with Gasteiger partial charge in [0.25, 0.3) is 0 Å². The van der Waals surface area contributed by atoms with Gasteiger partial charge in [0, 0.05) is 25.7 Å². The molecule has 1 aromatic rings. The van der Waals surface area contributed by atoms with E-state index in [0.717, 1.165) is 18.7 Å². The van der Waals surface area contributed by atoms with Crippen molar-refractivity contribution in [3.8, 4) is 0 Å². The number of aliphatic hydroxyl groups is 1. The fraction of sp³-hybridized carbons (Fsp3) is 0.818. The molecule has 1 rings (SSSR count). The summed E-state index contributed by atoms with van der Waals surface area (Å²) in [5, 5.41) is 17.3. The molecule has 0 atom stereocenters. The van der Waals surface area contributed by atoms with Gasteiger partial charge in [-0.2, -0.15) is 0 Å². The number of hydrogen-bond acceptors (Lipinski definition) is 4. The van der Waals surface area contributed by atoms with Gasteiger partial charge in [0.05, 0.1) is 0 Å². The summed E-state index contributed by atoms with van der Waals surface area (Å²) in [6.45, 7) is 6.88. The minimum absolute atomic E-state index is 0.0749. The highest BCUT2D eigenvalue weighted by Crippen LogP contribution is 2.19. The molecule has 0 aliphatic carbocycles. The van der Waals surface area contributed by atoms with E-state index in [0.29, 0.717) is 12.4 Å². The lowest BCUT2D eigenvalue weighted by Crippen LogP contribution is -2.26. The number of hydrogen-bond donors (Lipinski definition) is 1. The third-order valence-corrected chi connectivity index (χ3v) is 2.36. The molecule has 5 heteroatoms. The van der Waals surface area contributed by atoms with Crippen LogP contribution in [-0.4, -0.2) is 33.6 Å². The van der Waals surface area contributed by atoms with E-state index in [4.69, 9.17) is 4.74 Å². The number of nitrogens with zero attached hydrogens (tertiary/aromatic N) is 3. The number of aromatic nitrogens is 3. The molecule has 0 aromatic carbocycles. The van der Waals surface area contributed by atoms with Crippen molar-refractivity contribution in [1.82, 2.24) is 14.8 Å². The number of aliphatic hydroxyl groups excluding tert-OH is 1. The fourth-order valence-electron chi connectivity index (χ4n) is 1.77. The first-order valence-electron chi connectivity index (χ1n) is 5.54. The van der Waals surface area contributed by atoms with E-state index in [-0.39, 0.29) is 12.1 Å². The van der Waals surface area contributed by atoms with E-state index in [1.54, 1.807) is 7.11 Å². The molecule has 16 heavy (non-hydrogen) atoms. The maximum Gasteiger partial charge on any atom is 0.159 e. The van der Waals surface area contributed by atoms with Gasteiger partial charge >= 0.3 is 0 Å². The summed E-state index contributed by atoms with van der Waals surface area (Å²) in [5.41, 5.74) is -0.107. The van der Waals surface area contributed by atoms with Gasteiger partial charge in [-0.05, 0) is 27.2 Å². The number of aryl methyl sites for hydroxylation is 1. The first-order valence-corrected chi connectivity index (χ1v) is 5.54. The van der Waals surface area contributed by atoms with Crippen LogP contribution >= 0.6 is 0 Å². The van der Waals surface area contributed by atoms with Crippen LogP contribution < -0.4 is 0 Å². The third-order valence-electron chi connectivity index (χ3n) is 2.36. The number of ether oxygens (including phenoxy) is 1. The molecule has 0 unspecified atom stereocenters. The quantitative estimate of drug-likeness (QED) is 0.765. The van der Waals surface area contributed by atoms with E-state index < -0.39 is 0 Å². The molecule has 0 bridgehead atoms. The van der Waals surface area contributed by atoms with Gasteiger partial charge in [-0.3, -0.25) is 0 Å². The Bertz CT molecular complexity index is 328. The molecule has 5 nitrogen and oxygen atoms in total. The van der Waals surface area contributed by atoms with Crippen molar-refractivity contribution in [2.45, 2.75) is 45.8 Å². The Morgan fingerprint density at radius 3 is 2.38 bits per heavy atom. The molecule has 1 aromatic heterocycles. The van der Waals surface area contributed by atoms with Gasteiger partial charge in [0.15, 0.2) is 5.82 Å². The van der Waals surface area contributed by atoms with Gasteiger partial charge < -0.3 is 14.4 Å². The van der Waals surface area contributed by atoms with Crippen molar-refractivity contribution in [1.29, 1.82) is 0 Å². The third kappa shape index (κ3) is 3.02. The van der Waals surface area contributed by atoms with E-state index >= 15 is 0 Å². The molecule has 92 valence electrons. The lowest BCUT2D eigenvalue weighted by atomic mass is 10.1. The Labute approximate surface area is 96.5 Å². The summed E-state index contributed by atoms with van der Waals surface area (Å²) >= 11 is 0. The highest BCUT2D eigenvalue weighted by Gasteiger charge is 2.21. The Balaban J connectivity index is 2.88. The van der Waals surface area contributed by atoms with Crippen molar-refractivity contribution < 1.29 is 9.84 Å². The van der Waals surface area contributed by atoms with Crippen molar-refractivity contribution >= 4 is 0 Å². The van der Waals surface area contributed by atoms with Gasteiger partial charge in [0.1, 0.15) is 12.4 Å². The van der Waals surface area contributed by atoms with Crippen molar-refractivity contribution in [3.05, 3.63) is 11.6 Å². The monoisotopic (exact) mass is 227 g/mol. The van der Waals surface area contributed by atoms with Crippen LogP contribution in [0.4, 0.5) is 0 Å². The van der Waals surface area contributed by atoms with Crippen LogP contribution in [0, 0.1) is 0 Å². The summed E-state index contributed by atoms with van der Waals surface area (Å²) < 4.78 is 7.02. The minimum Gasteiger partial charge on any atom is -0.388 e. The molecule has 0 radical (unpaired) electrons. The van der Waals surface area contributed by atoms with Gasteiger partial charge in [-0.1, -0.05) is 0 Å². The van der Waals surface area contributed by atoms with Crippen LogP contribution in [0.15, 0.2) is 0 Å². The summed E-state index contributed by atoms with van der Waals surface area (Å²) in [6, 6.07) is 0. The van der Waals surface area contributed by atoms with E-state index in [1.807, 2.05) is 4.57 Å². The smallest absolute Gasteiger partial charge is 0.159 e. The van der Waals surface area contributed by atoms with Crippen molar-refractivity contribution in [2.75, 3.05) is 13.7 Å². The predicted octanol–water partition coefficient (Wildman–Crippen LogP) is 1.10. The zero-order chi connectivity index (χ0) is 12.2. The van der Waals surface area contributed by atoms with Crippen LogP contribution in [0.25, 0.3) is 0 Å². The second kappa shape index (κ2) is 5.41. The SMILES string of the molecule is COCCCc1nnc(CO)n1C(C)(C)C. The Morgan fingerprint density at radius 1 is 1.25 bits per heavy atom. The average Bonchev–Trinajstić information content (AvgIpc) is 2.61. The molecule has 0 amide bonds. The summed E-state index contributed by atoms with van der Waals surface area (Å²) in [4.78, 5) is 0. The molecule has 1 heterocycles. The van der Waals surface area contributed by atoms with Crippen LogP contribution in [0.2, 0.25) is 0 Å². The standard InChI is InChI=1S/C11H21N3O2/c1-11(2,3)14-9(6-5-7-16-4)12-13-10(14)8-15/h15H,5-8H2,1-4H3.